The van der Waals surface area contributed by atoms with Crippen LogP contribution in [0, 0.1) is 5.41 Å². The van der Waals surface area contributed by atoms with Gasteiger partial charge in [0.2, 0.25) is 0 Å². The molecule has 0 saturated carbocycles. The van der Waals surface area contributed by atoms with Crippen molar-refractivity contribution in [1.82, 2.24) is 0 Å². The molecule has 0 rings (SSSR count). The molecule has 2 unspecified atom stereocenters. The van der Waals surface area contributed by atoms with Crippen LogP contribution in [0.1, 0.15) is 0 Å². The Morgan fingerprint density at radius 2 is 1.71 bits per heavy atom. The highest BCUT2D eigenvalue weighted by Crippen LogP contribution is 2.37. The molecule has 0 aromatic heterocycles. The molecule has 0 aliphatic rings. The number of hydrogen-bond donors (Lipinski definition) is 1. The van der Waals surface area contributed by atoms with E-state index >= 15 is 0 Å². The first-order valence-corrected chi connectivity index (χ1v) is 3.83. The van der Waals surface area contributed by atoms with E-state index in [1.54, 1.807) is 0 Å². The van der Waals surface area contributed by atoms with Crippen LogP contribution in [0.4, 0.5) is 22.0 Å². The second-order valence-electron chi connectivity index (χ2n) is 2.52. The standard InChI is InChI=1S/C6H6ClF5O2/c7-1-6(4(11)12,5(13)14)2(8)3(9)10/h2-4H,1H2,(H,13,14). The van der Waals surface area contributed by atoms with E-state index in [0.29, 0.717) is 0 Å². The largest absolute Gasteiger partial charge is 0.481 e. The van der Waals surface area contributed by atoms with Crippen molar-refractivity contribution in [2.75, 3.05) is 5.88 Å². The van der Waals surface area contributed by atoms with E-state index in [4.69, 9.17) is 16.7 Å². The minimum atomic E-state index is -3.82. The number of alkyl halides is 6. The zero-order valence-electron chi connectivity index (χ0n) is 6.56. The van der Waals surface area contributed by atoms with E-state index < -0.39 is 36.3 Å². The molecule has 1 N–H and O–H groups in total. The van der Waals surface area contributed by atoms with Crippen LogP contribution in [0.15, 0.2) is 0 Å². The van der Waals surface area contributed by atoms with Crippen molar-refractivity contribution in [2.24, 2.45) is 5.41 Å². The predicted molar refractivity (Wildman–Crippen MR) is 37.7 cm³/mol. The lowest BCUT2D eigenvalue weighted by molar-refractivity contribution is -0.172. The van der Waals surface area contributed by atoms with Gasteiger partial charge in [0.15, 0.2) is 11.6 Å². The highest BCUT2D eigenvalue weighted by atomic mass is 35.5. The van der Waals surface area contributed by atoms with E-state index in [2.05, 4.69) is 0 Å². The van der Waals surface area contributed by atoms with Crippen LogP contribution in [-0.4, -0.2) is 36.0 Å². The zero-order chi connectivity index (χ0) is 11.5. The third-order valence-corrected chi connectivity index (χ3v) is 2.16. The maximum absolute atomic E-state index is 12.7. The monoisotopic (exact) mass is 240 g/mol. The van der Waals surface area contributed by atoms with E-state index in [1.165, 1.54) is 0 Å². The number of hydrogen-bond acceptors (Lipinski definition) is 1. The smallest absolute Gasteiger partial charge is 0.319 e. The summed E-state index contributed by atoms with van der Waals surface area (Å²) in [6, 6.07) is 0. The summed E-state index contributed by atoms with van der Waals surface area (Å²) in [6.45, 7) is 0. The van der Waals surface area contributed by atoms with Crippen LogP contribution in [0.5, 0.6) is 0 Å². The summed E-state index contributed by atoms with van der Waals surface area (Å²) >= 11 is 4.82. The van der Waals surface area contributed by atoms with E-state index in [-0.39, 0.29) is 0 Å². The van der Waals surface area contributed by atoms with Crippen LogP contribution in [0.25, 0.3) is 0 Å². The van der Waals surface area contributed by atoms with Gasteiger partial charge in [0, 0.05) is 5.88 Å². The molecule has 14 heavy (non-hydrogen) atoms. The molecule has 8 heteroatoms. The summed E-state index contributed by atoms with van der Waals surface area (Å²) in [4.78, 5) is 10.3. The van der Waals surface area contributed by atoms with Gasteiger partial charge in [0.25, 0.3) is 12.9 Å². The molecule has 0 fully saturated rings. The Morgan fingerprint density at radius 1 is 1.29 bits per heavy atom. The Morgan fingerprint density at radius 3 is 1.79 bits per heavy atom. The summed E-state index contributed by atoms with van der Waals surface area (Å²) < 4.78 is 60.6. The maximum Gasteiger partial charge on any atom is 0.319 e. The normalized spacial score (nSPS) is 18.3. The van der Waals surface area contributed by atoms with Gasteiger partial charge in [-0.3, -0.25) is 4.79 Å². The maximum atomic E-state index is 12.7. The van der Waals surface area contributed by atoms with Crippen LogP contribution in [0.2, 0.25) is 0 Å². The molecule has 0 spiro atoms. The summed E-state index contributed by atoms with van der Waals surface area (Å²) in [5.74, 6) is -3.80. The van der Waals surface area contributed by atoms with Gasteiger partial charge in [0.1, 0.15) is 0 Å². The lowest BCUT2D eigenvalue weighted by atomic mass is 9.85. The highest BCUT2D eigenvalue weighted by Gasteiger charge is 2.57. The van der Waals surface area contributed by atoms with Gasteiger partial charge in [-0.25, -0.2) is 22.0 Å². The van der Waals surface area contributed by atoms with Crippen molar-refractivity contribution in [2.45, 2.75) is 19.0 Å². The van der Waals surface area contributed by atoms with E-state index in [9.17, 15) is 26.7 Å². The average Bonchev–Trinajstić information content (AvgIpc) is 2.04. The van der Waals surface area contributed by atoms with Gasteiger partial charge >= 0.3 is 5.97 Å². The SMILES string of the molecule is O=C(O)C(CCl)(C(F)F)C(F)C(F)F. The highest BCUT2D eigenvalue weighted by molar-refractivity contribution is 6.19. The average molecular weight is 241 g/mol. The van der Waals surface area contributed by atoms with E-state index in [0.717, 1.165) is 0 Å². The molecule has 0 aromatic carbocycles. The predicted octanol–water partition coefficient (Wildman–Crippen LogP) is 2.16. The Hall–Kier alpha value is -0.590. The van der Waals surface area contributed by atoms with Crippen molar-refractivity contribution in [3.05, 3.63) is 0 Å². The van der Waals surface area contributed by atoms with Crippen LogP contribution < -0.4 is 0 Å². The third-order valence-electron chi connectivity index (χ3n) is 1.72. The Balaban J connectivity index is 5.14. The number of aliphatic carboxylic acids is 1. The number of halogens is 6. The second-order valence-corrected chi connectivity index (χ2v) is 2.78. The first kappa shape index (κ1) is 13.4. The molecule has 0 aliphatic heterocycles. The summed E-state index contributed by atoms with van der Waals surface area (Å²) in [5, 5.41) is 8.28. The Bertz CT molecular complexity index is 212. The lowest BCUT2D eigenvalue weighted by Crippen LogP contribution is -2.50. The summed E-state index contributed by atoms with van der Waals surface area (Å²) in [6.07, 6.45) is -11.1. The molecule has 0 amide bonds. The molecule has 2 atom stereocenters. The molecular formula is C6H6ClF5O2. The Labute approximate surface area is 80.7 Å². The molecule has 0 saturated heterocycles. The van der Waals surface area contributed by atoms with E-state index in [1.807, 2.05) is 0 Å². The van der Waals surface area contributed by atoms with Crippen molar-refractivity contribution in [3.63, 3.8) is 0 Å². The number of carboxylic acid groups (broad SMARTS) is 1. The number of rotatable bonds is 5. The van der Waals surface area contributed by atoms with Crippen molar-refractivity contribution >= 4 is 17.6 Å². The summed E-state index contributed by atoms with van der Waals surface area (Å²) in [5.41, 5.74) is -3.55. The van der Waals surface area contributed by atoms with Gasteiger partial charge in [-0.1, -0.05) is 0 Å². The fourth-order valence-corrected chi connectivity index (χ4v) is 1.12. The second kappa shape index (κ2) is 4.77. The fraction of sp³-hybridized carbons (Fsp3) is 0.833. The fourth-order valence-electron chi connectivity index (χ4n) is 0.746. The molecular weight excluding hydrogens is 235 g/mol. The molecule has 0 radical (unpaired) electrons. The van der Waals surface area contributed by atoms with Gasteiger partial charge in [0.05, 0.1) is 0 Å². The summed E-state index contributed by atoms with van der Waals surface area (Å²) in [7, 11) is 0. The Kier molecular flexibility index (Phi) is 4.57. The topological polar surface area (TPSA) is 37.3 Å². The van der Waals surface area contributed by atoms with Crippen LogP contribution >= 0.6 is 11.6 Å². The molecule has 0 aliphatic carbocycles. The van der Waals surface area contributed by atoms with Gasteiger partial charge in [-0.15, -0.1) is 11.6 Å². The number of carboxylic acids is 1. The molecule has 0 bridgehead atoms. The van der Waals surface area contributed by atoms with Crippen molar-refractivity contribution in [1.29, 1.82) is 0 Å². The molecule has 84 valence electrons. The first-order valence-electron chi connectivity index (χ1n) is 3.30. The van der Waals surface area contributed by atoms with Crippen molar-refractivity contribution < 1.29 is 31.9 Å². The minimum Gasteiger partial charge on any atom is -0.481 e. The van der Waals surface area contributed by atoms with Gasteiger partial charge in [-0.05, 0) is 0 Å². The lowest BCUT2D eigenvalue weighted by Gasteiger charge is -2.28. The minimum absolute atomic E-state index is 1.43. The van der Waals surface area contributed by atoms with Gasteiger partial charge < -0.3 is 5.11 Å². The molecule has 0 heterocycles. The number of carbonyl (C=O) groups is 1. The van der Waals surface area contributed by atoms with Crippen molar-refractivity contribution in [3.8, 4) is 0 Å². The molecule has 0 aromatic rings. The van der Waals surface area contributed by atoms with Crippen LogP contribution in [0.3, 0.4) is 0 Å². The first-order chi connectivity index (χ1) is 6.30. The molecule has 2 nitrogen and oxygen atoms in total. The zero-order valence-corrected chi connectivity index (χ0v) is 7.32. The quantitative estimate of drug-likeness (QED) is 0.591. The van der Waals surface area contributed by atoms with Crippen LogP contribution in [-0.2, 0) is 4.79 Å². The van der Waals surface area contributed by atoms with Gasteiger partial charge in [-0.2, -0.15) is 0 Å². The third kappa shape index (κ3) is 2.08.